The third-order valence-corrected chi connectivity index (χ3v) is 3.07. The number of thiol groups is 1. The Balaban J connectivity index is 2.12. The first-order valence-corrected chi connectivity index (χ1v) is 6.94. The largest absolute Gasteiger partial charge is 0.351 e. The molecule has 0 radical (unpaired) electrons. The van der Waals surface area contributed by atoms with Crippen LogP contribution in [-0.4, -0.2) is 24.0 Å². The average Bonchev–Trinajstić information content (AvgIpc) is 2.53. The van der Waals surface area contributed by atoms with Crippen LogP contribution in [0.5, 0.6) is 0 Å². The first-order valence-electron chi connectivity index (χ1n) is 6.31. The van der Waals surface area contributed by atoms with Crippen molar-refractivity contribution in [3.63, 3.8) is 0 Å². The highest BCUT2D eigenvalue weighted by molar-refractivity contribution is 7.80. The van der Waals surface area contributed by atoms with E-state index in [1.54, 1.807) is 36.4 Å². The topological polar surface area (TPSA) is 46.2 Å². The molecule has 1 amide bonds. The number of carbonyl (C=O) groups is 2. The van der Waals surface area contributed by atoms with Gasteiger partial charge in [-0.2, -0.15) is 12.6 Å². The van der Waals surface area contributed by atoms with Crippen molar-refractivity contribution in [1.82, 2.24) is 5.32 Å². The van der Waals surface area contributed by atoms with Gasteiger partial charge in [0, 0.05) is 29.0 Å². The number of nitrogens with one attached hydrogen (secondary N) is 1. The number of ketones is 1. The normalized spacial score (nSPS) is 10.1. The molecule has 2 aromatic carbocycles. The number of hydrogen-bond donors (Lipinski definition) is 2. The molecule has 0 aliphatic heterocycles. The molecule has 1 N–H and O–H groups in total. The summed E-state index contributed by atoms with van der Waals surface area (Å²) in [5.41, 5.74) is 1.75. The molecular formula is C16H15NO2S. The Morgan fingerprint density at radius 2 is 1.40 bits per heavy atom. The van der Waals surface area contributed by atoms with E-state index < -0.39 is 0 Å². The van der Waals surface area contributed by atoms with Crippen LogP contribution in [0.4, 0.5) is 0 Å². The number of hydrogen-bond acceptors (Lipinski definition) is 3. The molecule has 2 aromatic rings. The van der Waals surface area contributed by atoms with E-state index in [1.165, 1.54) is 0 Å². The van der Waals surface area contributed by atoms with E-state index >= 15 is 0 Å². The summed E-state index contributed by atoms with van der Waals surface area (Å²) in [6.07, 6.45) is 0. The molecule has 0 aromatic heterocycles. The molecule has 0 spiro atoms. The molecule has 20 heavy (non-hydrogen) atoms. The van der Waals surface area contributed by atoms with E-state index in [4.69, 9.17) is 0 Å². The molecule has 0 heterocycles. The van der Waals surface area contributed by atoms with Crippen LogP contribution in [0.25, 0.3) is 0 Å². The molecule has 102 valence electrons. The highest BCUT2D eigenvalue weighted by Gasteiger charge is 2.10. The fourth-order valence-corrected chi connectivity index (χ4v) is 1.91. The van der Waals surface area contributed by atoms with Gasteiger partial charge in [-0.1, -0.05) is 42.5 Å². The smallest absolute Gasteiger partial charge is 0.251 e. The van der Waals surface area contributed by atoms with Gasteiger partial charge in [0.25, 0.3) is 5.91 Å². The molecule has 3 nitrogen and oxygen atoms in total. The van der Waals surface area contributed by atoms with Crippen molar-refractivity contribution >= 4 is 24.3 Å². The lowest BCUT2D eigenvalue weighted by Gasteiger charge is -2.05. The van der Waals surface area contributed by atoms with E-state index in [0.717, 1.165) is 0 Å². The molecule has 0 fully saturated rings. The maximum atomic E-state index is 12.2. The lowest BCUT2D eigenvalue weighted by atomic mass is 10.0. The van der Waals surface area contributed by atoms with Crippen LogP contribution < -0.4 is 5.32 Å². The number of rotatable bonds is 5. The first-order chi connectivity index (χ1) is 9.72. The summed E-state index contributed by atoms with van der Waals surface area (Å²) < 4.78 is 0. The van der Waals surface area contributed by atoms with Crippen molar-refractivity contribution in [1.29, 1.82) is 0 Å². The quantitative estimate of drug-likeness (QED) is 0.655. The minimum Gasteiger partial charge on any atom is -0.351 e. The number of carbonyl (C=O) groups excluding carboxylic acids is 2. The third kappa shape index (κ3) is 3.48. The van der Waals surface area contributed by atoms with E-state index in [2.05, 4.69) is 17.9 Å². The van der Waals surface area contributed by atoms with Crippen molar-refractivity contribution in [2.75, 3.05) is 12.3 Å². The van der Waals surface area contributed by atoms with Crippen molar-refractivity contribution < 1.29 is 9.59 Å². The molecule has 2 rings (SSSR count). The molecule has 0 saturated heterocycles. The fraction of sp³-hybridized carbons (Fsp3) is 0.125. The van der Waals surface area contributed by atoms with Gasteiger partial charge in [-0.25, -0.2) is 0 Å². The molecule has 0 unspecified atom stereocenters. The van der Waals surface area contributed by atoms with Gasteiger partial charge in [0.15, 0.2) is 5.78 Å². The summed E-state index contributed by atoms with van der Waals surface area (Å²) in [6, 6.07) is 15.7. The number of amides is 1. The molecule has 0 aliphatic carbocycles. The zero-order valence-corrected chi connectivity index (χ0v) is 11.8. The summed E-state index contributed by atoms with van der Waals surface area (Å²) in [6.45, 7) is 0.520. The zero-order chi connectivity index (χ0) is 14.4. The predicted molar refractivity (Wildman–Crippen MR) is 82.5 cm³/mol. The van der Waals surface area contributed by atoms with E-state index in [9.17, 15) is 9.59 Å². The molecule has 0 aliphatic rings. The molecular weight excluding hydrogens is 270 g/mol. The zero-order valence-electron chi connectivity index (χ0n) is 10.9. The summed E-state index contributed by atoms with van der Waals surface area (Å²) in [7, 11) is 0. The van der Waals surface area contributed by atoms with Crippen LogP contribution in [0.2, 0.25) is 0 Å². The monoisotopic (exact) mass is 285 g/mol. The predicted octanol–water partition coefficient (Wildman–Crippen LogP) is 2.58. The van der Waals surface area contributed by atoms with Gasteiger partial charge in [-0.15, -0.1) is 0 Å². The minimum absolute atomic E-state index is 0.0482. The maximum absolute atomic E-state index is 12.2. The van der Waals surface area contributed by atoms with Crippen LogP contribution in [0.3, 0.4) is 0 Å². The van der Waals surface area contributed by atoms with Crippen LogP contribution in [0, 0.1) is 0 Å². The lowest BCUT2D eigenvalue weighted by molar-refractivity contribution is 0.0954. The second-order valence-corrected chi connectivity index (χ2v) is 4.70. The van der Waals surface area contributed by atoms with Crippen molar-refractivity contribution in [3.8, 4) is 0 Å². The Kier molecular flexibility index (Phi) is 4.96. The van der Waals surface area contributed by atoms with Gasteiger partial charge in [-0.05, 0) is 12.1 Å². The molecule has 0 saturated carbocycles. The van der Waals surface area contributed by atoms with Crippen LogP contribution in [0.15, 0.2) is 54.6 Å². The molecule has 4 heteroatoms. The first kappa shape index (κ1) is 14.3. The Morgan fingerprint density at radius 3 is 2.00 bits per heavy atom. The van der Waals surface area contributed by atoms with Gasteiger partial charge in [0.1, 0.15) is 0 Å². The van der Waals surface area contributed by atoms with Gasteiger partial charge >= 0.3 is 0 Å². The van der Waals surface area contributed by atoms with Gasteiger partial charge < -0.3 is 5.32 Å². The third-order valence-electron chi connectivity index (χ3n) is 2.84. The van der Waals surface area contributed by atoms with Gasteiger partial charge in [0.05, 0.1) is 0 Å². The van der Waals surface area contributed by atoms with E-state index in [-0.39, 0.29) is 11.7 Å². The Bertz CT molecular complexity index is 594. The summed E-state index contributed by atoms with van der Waals surface area (Å²) in [4.78, 5) is 23.9. The summed E-state index contributed by atoms with van der Waals surface area (Å²) >= 11 is 4.03. The Morgan fingerprint density at radius 1 is 0.850 bits per heavy atom. The number of benzene rings is 2. The summed E-state index contributed by atoms with van der Waals surface area (Å²) in [5.74, 6) is 0.390. The Hall–Kier alpha value is -2.07. The van der Waals surface area contributed by atoms with Gasteiger partial charge in [0.2, 0.25) is 0 Å². The van der Waals surface area contributed by atoms with E-state index in [0.29, 0.717) is 29.0 Å². The standard InChI is InChI=1S/C16H15NO2S/c18-15(12-4-2-1-3-5-12)13-6-8-14(9-7-13)16(19)17-10-11-20/h1-9,20H,10-11H2,(H,17,19). The highest BCUT2D eigenvalue weighted by Crippen LogP contribution is 2.11. The summed E-state index contributed by atoms with van der Waals surface area (Å²) in [5, 5.41) is 2.73. The van der Waals surface area contributed by atoms with E-state index in [1.807, 2.05) is 18.2 Å². The SMILES string of the molecule is O=C(NCCS)c1ccc(C(=O)c2ccccc2)cc1. The van der Waals surface area contributed by atoms with Crippen LogP contribution in [-0.2, 0) is 0 Å². The van der Waals surface area contributed by atoms with Crippen LogP contribution >= 0.6 is 12.6 Å². The van der Waals surface area contributed by atoms with Gasteiger partial charge in [-0.3, -0.25) is 9.59 Å². The second kappa shape index (κ2) is 6.91. The van der Waals surface area contributed by atoms with Crippen LogP contribution in [0.1, 0.15) is 26.3 Å². The Labute approximate surface area is 123 Å². The lowest BCUT2D eigenvalue weighted by Crippen LogP contribution is -2.25. The minimum atomic E-state index is -0.155. The average molecular weight is 285 g/mol. The molecule has 0 bridgehead atoms. The highest BCUT2D eigenvalue weighted by atomic mass is 32.1. The fourth-order valence-electron chi connectivity index (χ4n) is 1.80. The van der Waals surface area contributed by atoms with Crippen molar-refractivity contribution in [2.45, 2.75) is 0 Å². The molecule has 0 atom stereocenters. The second-order valence-electron chi connectivity index (χ2n) is 4.25. The van der Waals surface area contributed by atoms with Crippen molar-refractivity contribution in [3.05, 3.63) is 71.3 Å². The maximum Gasteiger partial charge on any atom is 0.251 e. The van der Waals surface area contributed by atoms with Crippen molar-refractivity contribution in [2.24, 2.45) is 0 Å².